The summed E-state index contributed by atoms with van der Waals surface area (Å²) in [6.45, 7) is 0. The molecule has 3 nitrogen and oxygen atoms in total. The lowest BCUT2D eigenvalue weighted by molar-refractivity contribution is -0.300. The second kappa shape index (κ2) is 4.67. The number of rotatable bonds is 2. The summed E-state index contributed by atoms with van der Waals surface area (Å²) in [5.74, 6) is 0. The van der Waals surface area contributed by atoms with Crippen molar-refractivity contribution in [3.63, 3.8) is 0 Å². The molecular weight excluding hydrogens is 214 g/mol. The maximum absolute atomic E-state index is 5.29. The summed E-state index contributed by atoms with van der Waals surface area (Å²) in [7, 11) is 0. The number of nitrogens with one attached hydrogen (secondary N) is 1. The van der Waals surface area contributed by atoms with E-state index in [9.17, 15) is 0 Å². The van der Waals surface area contributed by atoms with Crippen LogP contribution in [0, 0.1) is 0 Å². The molecule has 0 amide bonds. The Kier molecular flexibility index (Phi) is 2.88. The van der Waals surface area contributed by atoms with E-state index in [1.54, 1.807) is 0 Å². The summed E-state index contributed by atoms with van der Waals surface area (Å²) >= 11 is 0. The second-order valence-corrected chi connectivity index (χ2v) is 3.94. The second-order valence-electron chi connectivity index (χ2n) is 3.94. The quantitative estimate of drug-likeness (QED) is 0.800. The van der Waals surface area contributed by atoms with E-state index in [1.807, 2.05) is 60.7 Å². The highest BCUT2D eigenvalue weighted by molar-refractivity contribution is 5.20. The Bertz CT molecular complexity index is 427. The van der Waals surface area contributed by atoms with Crippen LogP contribution in [0.25, 0.3) is 0 Å². The van der Waals surface area contributed by atoms with Gasteiger partial charge in [-0.05, 0) is 11.1 Å². The molecule has 0 spiro atoms. The molecule has 1 saturated heterocycles. The maximum Gasteiger partial charge on any atom is 0.171 e. The van der Waals surface area contributed by atoms with Crippen LogP contribution in [0.3, 0.4) is 0 Å². The Morgan fingerprint density at radius 3 is 1.47 bits per heavy atom. The van der Waals surface area contributed by atoms with Gasteiger partial charge in [0.05, 0.1) is 0 Å². The molecule has 0 aliphatic carbocycles. The highest BCUT2D eigenvalue weighted by Crippen LogP contribution is 2.29. The Morgan fingerprint density at radius 1 is 0.647 bits per heavy atom. The van der Waals surface area contributed by atoms with Gasteiger partial charge in [-0.1, -0.05) is 60.7 Å². The maximum atomic E-state index is 5.29. The predicted molar refractivity (Wildman–Crippen MR) is 63.7 cm³/mol. The van der Waals surface area contributed by atoms with Gasteiger partial charge in [0, 0.05) is 0 Å². The van der Waals surface area contributed by atoms with Crippen LogP contribution in [0.4, 0.5) is 0 Å². The number of benzene rings is 2. The molecule has 0 saturated carbocycles. The first kappa shape index (κ1) is 10.5. The Balaban J connectivity index is 1.75. The number of hydrogen-bond acceptors (Lipinski definition) is 3. The first-order valence-corrected chi connectivity index (χ1v) is 5.61. The Morgan fingerprint density at radius 2 is 1.06 bits per heavy atom. The molecule has 0 aromatic heterocycles. The lowest BCUT2D eigenvalue weighted by Crippen LogP contribution is -2.18. The molecule has 2 aromatic rings. The van der Waals surface area contributed by atoms with Gasteiger partial charge in [0.2, 0.25) is 0 Å². The van der Waals surface area contributed by atoms with Crippen LogP contribution < -0.4 is 5.32 Å². The summed E-state index contributed by atoms with van der Waals surface area (Å²) in [5, 5.41) is 3.28. The SMILES string of the molecule is c1ccc(C2NC(c3ccccc3)OO2)cc1. The van der Waals surface area contributed by atoms with Crippen molar-refractivity contribution in [2.45, 2.75) is 12.5 Å². The molecule has 17 heavy (non-hydrogen) atoms. The van der Waals surface area contributed by atoms with E-state index < -0.39 is 0 Å². The lowest BCUT2D eigenvalue weighted by atomic mass is 10.1. The average Bonchev–Trinajstić information content (AvgIpc) is 2.90. The van der Waals surface area contributed by atoms with Crippen LogP contribution in [0.15, 0.2) is 60.7 Å². The fourth-order valence-corrected chi connectivity index (χ4v) is 1.86. The first-order valence-electron chi connectivity index (χ1n) is 5.61. The van der Waals surface area contributed by atoms with E-state index in [0.717, 1.165) is 11.1 Å². The molecule has 1 fully saturated rings. The van der Waals surface area contributed by atoms with E-state index in [-0.39, 0.29) is 12.5 Å². The van der Waals surface area contributed by atoms with Crippen molar-refractivity contribution in [3.8, 4) is 0 Å². The van der Waals surface area contributed by atoms with Crippen molar-refractivity contribution in [1.29, 1.82) is 0 Å². The van der Waals surface area contributed by atoms with Gasteiger partial charge in [-0.3, -0.25) is 5.32 Å². The van der Waals surface area contributed by atoms with Gasteiger partial charge in [0.15, 0.2) is 12.5 Å². The van der Waals surface area contributed by atoms with Crippen molar-refractivity contribution < 1.29 is 9.78 Å². The fourth-order valence-electron chi connectivity index (χ4n) is 1.86. The Labute approximate surface area is 99.9 Å². The van der Waals surface area contributed by atoms with Gasteiger partial charge < -0.3 is 0 Å². The van der Waals surface area contributed by atoms with Crippen LogP contribution >= 0.6 is 0 Å². The van der Waals surface area contributed by atoms with Gasteiger partial charge in [0.25, 0.3) is 0 Å². The zero-order valence-electron chi connectivity index (χ0n) is 9.24. The molecule has 3 heteroatoms. The summed E-state index contributed by atoms with van der Waals surface area (Å²) in [5.41, 5.74) is 2.12. The molecule has 2 unspecified atom stereocenters. The van der Waals surface area contributed by atoms with E-state index in [2.05, 4.69) is 5.32 Å². The van der Waals surface area contributed by atoms with Crippen molar-refractivity contribution in [2.75, 3.05) is 0 Å². The third-order valence-corrected chi connectivity index (χ3v) is 2.76. The van der Waals surface area contributed by atoms with Crippen molar-refractivity contribution >= 4 is 0 Å². The van der Waals surface area contributed by atoms with Gasteiger partial charge in [-0.25, -0.2) is 9.78 Å². The average molecular weight is 227 g/mol. The minimum Gasteiger partial charge on any atom is -0.254 e. The largest absolute Gasteiger partial charge is 0.254 e. The van der Waals surface area contributed by atoms with Crippen LogP contribution in [0.2, 0.25) is 0 Å². The first-order chi connectivity index (χ1) is 8.43. The van der Waals surface area contributed by atoms with Gasteiger partial charge in [0.1, 0.15) is 0 Å². The summed E-state index contributed by atoms with van der Waals surface area (Å²) in [6, 6.07) is 19.9. The molecule has 1 aliphatic heterocycles. The standard InChI is InChI=1S/C14H13NO2/c1-3-7-11(8-4-1)13-15-14(17-16-13)12-9-5-2-6-10-12/h1-10,13-15H. The van der Waals surface area contributed by atoms with Crippen LogP contribution in [-0.4, -0.2) is 0 Å². The van der Waals surface area contributed by atoms with Crippen molar-refractivity contribution in [1.82, 2.24) is 5.32 Å². The molecular formula is C14H13NO2. The summed E-state index contributed by atoms with van der Waals surface area (Å²) in [6.07, 6.45) is -0.414. The Hall–Kier alpha value is -1.68. The van der Waals surface area contributed by atoms with Crippen molar-refractivity contribution in [3.05, 3.63) is 71.8 Å². The van der Waals surface area contributed by atoms with E-state index in [1.165, 1.54) is 0 Å². The number of hydrogen-bond donors (Lipinski definition) is 1. The molecule has 0 bridgehead atoms. The third-order valence-electron chi connectivity index (χ3n) is 2.76. The molecule has 2 atom stereocenters. The van der Waals surface area contributed by atoms with Crippen molar-refractivity contribution in [2.24, 2.45) is 0 Å². The predicted octanol–water partition coefficient (Wildman–Crippen LogP) is 2.94. The summed E-state index contributed by atoms with van der Waals surface area (Å²) in [4.78, 5) is 10.6. The zero-order chi connectivity index (χ0) is 11.5. The van der Waals surface area contributed by atoms with Gasteiger partial charge in [-0.15, -0.1) is 0 Å². The molecule has 1 N–H and O–H groups in total. The highest BCUT2D eigenvalue weighted by atomic mass is 17.2. The monoisotopic (exact) mass is 227 g/mol. The van der Waals surface area contributed by atoms with Crippen LogP contribution in [0.5, 0.6) is 0 Å². The van der Waals surface area contributed by atoms with Gasteiger partial charge >= 0.3 is 0 Å². The molecule has 3 rings (SSSR count). The molecule has 1 aliphatic rings. The highest BCUT2D eigenvalue weighted by Gasteiger charge is 2.28. The summed E-state index contributed by atoms with van der Waals surface area (Å²) < 4.78 is 0. The normalized spacial score (nSPS) is 23.8. The zero-order valence-corrected chi connectivity index (χ0v) is 9.24. The minimum atomic E-state index is -0.207. The smallest absolute Gasteiger partial charge is 0.171 e. The van der Waals surface area contributed by atoms with Crippen LogP contribution in [0.1, 0.15) is 23.6 Å². The minimum absolute atomic E-state index is 0.207. The molecule has 86 valence electrons. The third kappa shape index (κ3) is 2.22. The molecule has 0 radical (unpaired) electrons. The van der Waals surface area contributed by atoms with E-state index in [0.29, 0.717) is 0 Å². The topological polar surface area (TPSA) is 30.5 Å². The van der Waals surface area contributed by atoms with E-state index >= 15 is 0 Å². The van der Waals surface area contributed by atoms with E-state index in [4.69, 9.17) is 9.78 Å². The molecule has 1 heterocycles. The van der Waals surface area contributed by atoms with Gasteiger partial charge in [-0.2, -0.15) is 0 Å². The lowest BCUT2D eigenvalue weighted by Gasteiger charge is -2.09. The molecule has 2 aromatic carbocycles. The van der Waals surface area contributed by atoms with Crippen LogP contribution in [-0.2, 0) is 9.78 Å². The fraction of sp³-hybridized carbons (Fsp3) is 0.143.